The summed E-state index contributed by atoms with van der Waals surface area (Å²) in [5.74, 6) is -0.272. The van der Waals surface area contributed by atoms with Gasteiger partial charge < -0.3 is 14.6 Å². The van der Waals surface area contributed by atoms with E-state index in [4.69, 9.17) is 0 Å². The number of hydrogen-bond donors (Lipinski definition) is 1. The van der Waals surface area contributed by atoms with E-state index in [-0.39, 0.29) is 33.4 Å². The van der Waals surface area contributed by atoms with E-state index in [0.29, 0.717) is 5.56 Å². The smallest absolute Gasteiger partial charge is 0.507 e. The van der Waals surface area contributed by atoms with E-state index in [0.717, 1.165) is 10.8 Å². The van der Waals surface area contributed by atoms with Crippen molar-refractivity contribution in [2.75, 3.05) is 7.11 Å². The second-order valence-corrected chi connectivity index (χ2v) is 3.23. The number of phenols is 1. The minimum Gasteiger partial charge on any atom is -0.507 e. The Balaban J connectivity index is 0.00000128. The van der Waals surface area contributed by atoms with Crippen molar-refractivity contribution in [1.82, 2.24) is 0 Å². The zero-order valence-electron chi connectivity index (χ0n) is 8.77. The summed E-state index contributed by atoms with van der Waals surface area (Å²) in [5.41, 5.74) is 0.302. The molecule has 0 saturated heterocycles. The molecule has 16 heavy (non-hydrogen) atoms. The molecule has 0 aliphatic heterocycles. The maximum absolute atomic E-state index is 9.65. The summed E-state index contributed by atoms with van der Waals surface area (Å²) in [6.07, 6.45) is 0. The van der Waals surface area contributed by atoms with Gasteiger partial charge in [-0.15, -0.1) is 0 Å². The molecule has 0 unspecified atom stereocenters. The summed E-state index contributed by atoms with van der Waals surface area (Å²) in [6, 6.07) is 10.9. The van der Waals surface area contributed by atoms with Crippen molar-refractivity contribution < 1.29 is 36.4 Å². The van der Waals surface area contributed by atoms with Crippen LogP contribution in [-0.2, 0) is 26.5 Å². The maximum atomic E-state index is 9.65. The standard InChI is InChI=1S/C12H10O3.Ti/c1-15-12(14)10-6-8-4-2-3-5-9(8)7-11(10)13;/h2-7,13H,1H3;/p+1. The molecule has 2 aromatic rings. The van der Waals surface area contributed by atoms with Crippen molar-refractivity contribution in [2.45, 2.75) is 0 Å². The van der Waals surface area contributed by atoms with Crippen molar-refractivity contribution in [3.8, 4) is 5.75 Å². The van der Waals surface area contributed by atoms with Gasteiger partial charge >= 0.3 is 5.97 Å². The Bertz CT molecular complexity index is 523. The summed E-state index contributed by atoms with van der Waals surface area (Å²) >= 11 is 0. The first-order valence-electron chi connectivity index (χ1n) is 4.54. The fourth-order valence-corrected chi connectivity index (χ4v) is 1.51. The molecule has 2 aromatic carbocycles. The third-order valence-electron chi connectivity index (χ3n) is 2.29. The van der Waals surface area contributed by atoms with Crippen molar-refractivity contribution in [3.05, 3.63) is 42.0 Å². The van der Waals surface area contributed by atoms with Gasteiger partial charge in [0.2, 0.25) is 0 Å². The van der Waals surface area contributed by atoms with Crippen LogP contribution in [0.3, 0.4) is 0 Å². The first kappa shape index (κ1) is 12.8. The normalized spacial score (nSPS) is 9.56. The monoisotopic (exact) mass is 251 g/mol. The number of aromatic hydroxyl groups is 1. The van der Waals surface area contributed by atoms with Crippen LogP contribution in [0.4, 0.5) is 0 Å². The predicted molar refractivity (Wildman–Crippen MR) is 58.7 cm³/mol. The van der Waals surface area contributed by atoms with Crippen LogP contribution < -0.4 is 0 Å². The van der Waals surface area contributed by atoms with Gasteiger partial charge in [-0.3, -0.25) is 0 Å². The summed E-state index contributed by atoms with van der Waals surface area (Å²) < 4.78 is 4.68. The average molecular weight is 251 g/mol. The molecule has 0 bridgehead atoms. The molecule has 0 heterocycles. The van der Waals surface area contributed by atoms with E-state index in [9.17, 15) is 9.90 Å². The molecule has 2 rings (SSSR count). The summed E-state index contributed by atoms with van der Waals surface area (Å²) in [4.78, 5) is 9.40. The molecule has 3 nitrogen and oxygen atoms in total. The predicted octanol–water partition coefficient (Wildman–Crippen LogP) is 2.04. The number of rotatable bonds is 1. The Morgan fingerprint density at radius 1 is 1.19 bits per heavy atom. The molecule has 4 heteroatoms. The van der Waals surface area contributed by atoms with Gasteiger partial charge in [0.15, 0.2) is 12.7 Å². The van der Waals surface area contributed by atoms with Gasteiger partial charge in [-0.05, 0) is 22.9 Å². The van der Waals surface area contributed by atoms with Crippen LogP contribution in [-0.4, -0.2) is 23.0 Å². The molecule has 0 aliphatic rings. The van der Waals surface area contributed by atoms with Gasteiger partial charge in [0.1, 0.15) is 5.75 Å². The average Bonchev–Trinajstić information content (AvgIpc) is 2.27. The van der Waals surface area contributed by atoms with Gasteiger partial charge in [-0.1, -0.05) is 24.3 Å². The van der Waals surface area contributed by atoms with Crippen LogP contribution >= 0.6 is 0 Å². The van der Waals surface area contributed by atoms with Crippen LogP contribution in [0.1, 0.15) is 5.56 Å². The topological polar surface area (TPSA) is 50.9 Å². The number of hydrogen-bond acceptors (Lipinski definition) is 2. The van der Waals surface area contributed by atoms with E-state index < -0.39 is 0 Å². The zero-order chi connectivity index (χ0) is 10.8. The van der Waals surface area contributed by atoms with Crippen LogP contribution in [0.25, 0.3) is 10.8 Å². The number of ether oxygens (including phenoxy) is 1. The quantitative estimate of drug-likeness (QED) is 0.479. The summed E-state index contributed by atoms with van der Waals surface area (Å²) in [5, 5.41) is 11.5. The largest absolute Gasteiger partial charge is 0.521 e. The van der Waals surface area contributed by atoms with Gasteiger partial charge in [-0.2, -0.15) is 0 Å². The Labute approximate surface area is 108 Å². The van der Waals surface area contributed by atoms with Gasteiger partial charge in [-0.25, -0.2) is 0 Å². The minimum atomic E-state index is -0.279. The van der Waals surface area contributed by atoms with Crippen LogP contribution in [0, 0.1) is 0 Å². The Morgan fingerprint density at radius 2 is 1.75 bits per heavy atom. The molecule has 0 aromatic heterocycles. The molecule has 0 atom stereocenters. The second kappa shape index (κ2) is 5.15. The van der Waals surface area contributed by atoms with Crippen molar-refractivity contribution in [2.24, 2.45) is 0 Å². The van der Waals surface area contributed by atoms with E-state index >= 15 is 0 Å². The number of phenolic OH excluding ortho intramolecular Hbond substituents is 1. The molecule has 2 N–H and O–H groups in total. The number of esters is 1. The molecule has 0 fully saturated rings. The maximum Gasteiger partial charge on any atom is 0.521 e. The van der Waals surface area contributed by atoms with Crippen LogP contribution in [0.5, 0.6) is 5.75 Å². The van der Waals surface area contributed by atoms with Gasteiger partial charge in [0, 0.05) is 21.7 Å². The first-order chi connectivity index (χ1) is 7.22. The third-order valence-corrected chi connectivity index (χ3v) is 2.29. The van der Waals surface area contributed by atoms with Crippen LogP contribution in [0.15, 0.2) is 36.4 Å². The fraction of sp³-hybridized carbons (Fsp3) is 0.0833. The van der Waals surface area contributed by atoms with Crippen LogP contribution in [0.2, 0.25) is 0 Å². The minimum absolute atomic E-state index is 0. The summed E-state index contributed by atoms with van der Waals surface area (Å²) in [6.45, 7) is 0. The fourth-order valence-electron chi connectivity index (χ4n) is 1.51. The second-order valence-electron chi connectivity index (χ2n) is 3.23. The number of methoxy groups -OCH3 is 1. The Morgan fingerprint density at radius 3 is 2.31 bits per heavy atom. The van der Waals surface area contributed by atoms with Crippen molar-refractivity contribution >= 4 is 16.7 Å². The third kappa shape index (κ3) is 2.26. The Hall–Kier alpha value is -1.32. The van der Waals surface area contributed by atoms with Gasteiger partial charge in [0.05, 0.1) is 0 Å². The number of fused-ring (bicyclic) bond motifs is 1. The summed E-state index contributed by atoms with van der Waals surface area (Å²) in [7, 11) is 1.35. The molecular weight excluding hydrogens is 240 g/mol. The van der Waals surface area contributed by atoms with E-state index in [2.05, 4.69) is 4.74 Å². The SMILES string of the molecule is COC(=[OH+])c1cc2ccccc2cc1O.[Ti]. The number of benzene rings is 2. The van der Waals surface area contributed by atoms with E-state index in [1.165, 1.54) is 7.11 Å². The molecule has 0 spiro atoms. The first-order valence-corrected chi connectivity index (χ1v) is 4.54. The zero-order valence-corrected chi connectivity index (χ0v) is 10.3. The Kier molecular flexibility index (Phi) is 4.10. The number of carbonyl (C=O) groups excluding carboxylic acids is 1. The molecular formula is C12H11O3Ti+. The van der Waals surface area contributed by atoms with E-state index in [1.54, 1.807) is 12.1 Å². The molecule has 0 amide bonds. The molecule has 0 saturated carbocycles. The van der Waals surface area contributed by atoms with Crippen molar-refractivity contribution in [3.63, 3.8) is 0 Å². The van der Waals surface area contributed by atoms with Gasteiger partial charge in [0.25, 0.3) is 0 Å². The molecule has 0 radical (unpaired) electrons. The van der Waals surface area contributed by atoms with Crippen molar-refractivity contribution in [1.29, 1.82) is 0 Å². The molecule has 80 valence electrons. The van der Waals surface area contributed by atoms with E-state index in [1.807, 2.05) is 24.3 Å². The molecule has 0 aliphatic carbocycles.